The van der Waals surface area contributed by atoms with Crippen molar-refractivity contribution in [3.63, 3.8) is 0 Å². The summed E-state index contributed by atoms with van der Waals surface area (Å²) in [6, 6.07) is 0. The van der Waals surface area contributed by atoms with Crippen molar-refractivity contribution in [1.82, 2.24) is 0 Å². The molecule has 88 valence electrons. The van der Waals surface area contributed by atoms with E-state index in [0.29, 0.717) is 0 Å². The van der Waals surface area contributed by atoms with E-state index in [1.54, 1.807) is 0 Å². The second-order valence-electron chi connectivity index (χ2n) is 5.61. The summed E-state index contributed by atoms with van der Waals surface area (Å²) >= 11 is 0. The van der Waals surface area contributed by atoms with Gasteiger partial charge in [0.15, 0.2) is 0 Å². The predicted molar refractivity (Wildman–Crippen MR) is 73.4 cm³/mol. The Morgan fingerprint density at radius 3 is 1.93 bits per heavy atom. The summed E-state index contributed by atoms with van der Waals surface area (Å²) < 4.78 is 0. The molecule has 0 amide bonds. The molecule has 0 heterocycles. The van der Waals surface area contributed by atoms with Crippen LogP contribution in [0.3, 0.4) is 0 Å². The summed E-state index contributed by atoms with van der Waals surface area (Å²) in [6.45, 7) is 14.6. The molecule has 0 aromatic heterocycles. The Hall–Kier alpha value is 0.430. The molecule has 0 aromatic rings. The summed E-state index contributed by atoms with van der Waals surface area (Å²) in [6.07, 6.45) is 7.20. The normalized spacial score (nSPS) is 17.9. The third-order valence-electron chi connectivity index (χ3n) is 4.12. The molecule has 14 heavy (non-hydrogen) atoms. The van der Waals surface area contributed by atoms with Gasteiger partial charge in [0.2, 0.25) is 0 Å². The summed E-state index contributed by atoms with van der Waals surface area (Å²) in [4.78, 5) is 0. The second kappa shape index (κ2) is 6.83. The Labute approximate surface area is 92.2 Å². The molecule has 0 aliphatic heterocycles. The van der Waals surface area contributed by atoms with Gasteiger partial charge >= 0.3 is 91.7 Å². The summed E-state index contributed by atoms with van der Waals surface area (Å²) in [7, 11) is -0.815. The second-order valence-corrected chi connectivity index (χ2v) is 11.1. The van der Waals surface area contributed by atoms with Gasteiger partial charge in [0.25, 0.3) is 0 Å². The molecule has 0 nitrogen and oxygen atoms in total. The van der Waals surface area contributed by atoms with Crippen molar-refractivity contribution in [3.05, 3.63) is 0 Å². The van der Waals surface area contributed by atoms with Crippen molar-refractivity contribution < 1.29 is 0 Å². The Balaban J connectivity index is 3.95. The molecule has 0 aliphatic rings. The van der Waals surface area contributed by atoms with Gasteiger partial charge < -0.3 is 0 Å². The van der Waals surface area contributed by atoms with Gasteiger partial charge in [-0.15, -0.1) is 0 Å². The zero-order valence-corrected chi connectivity index (χ0v) is 12.2. The van der Waals surface area contributed by atoms with Gasteiger partial charge in [-0.05, 0) is 0 Å². The van der Waals surface area contributed by atoms with E-state index >= 15 is 0 Å². The van der Waals surface area contributed by atoms with Gasteiger partial charge in [-0.2, -0.15) is 0 Å². The topological polar surface area (TPSA) is 0 Å². The molecule has 0 spiro atoms. The van der Waals surface area contributed by atoms with Crippen LogP contribution >= 0.6 is 7.26 Å². The van der Waals surface area contributed by atoms with E-state index in [1.165, 1.54) is 31.6 Å². The van der Waals surface area contributed by atoms with Crippen molar-refractivity contribution in [3.8, 4) is 0 Å². The molecule has 2 atom stereocenters. The van der Waals surface area contributed by atoms with Crippen molar-refractivity contribution in [2.24, 2.45) is 11.8 Å². The van der Waals surface area contributed by atoms with E-state index in [9.17, 15) is 0 Å². The molecule has 1 heteroatoms. The van der Waals surface area contributed by atoms with Gasteiger partial charge in [-0.1, -0.05) is 0 Å². The predicted octanol–water partition coefficient (Wildman–Crippen LogP) is 4.48. The molecule has 0 fully saturated rings. The summed E-state index contributed by atoms with van der Waals surface area (Å²) in [5.74, 6) is 1.92. The number of rotatable bonds is 7. The van der Waals surface area contributed by atoms with Gasteiger partial charge in [0.05, 0.1) is 0 Å². The average Bonchev–Trinajstić information content (AvgIpc) is 2.18. The minimum absolute atomic E-state index is 0.815. The van der Waals surface area contributed by atoms with Crippen LogP contribution in [0.4, 0.5) is 0 Å². The molecular formula is C13H31P. The first-order valence-corrected chi connectivity index (χ1v) is 9.88. The monoisotopic (exact) mass is 218 g/mol. The van der Waals surface area contributed by atoms with Crippen LogP contribution in [0, 0.1) is 11.8 Å². The van der Waals surface area contributed by atoms with Crippen molar-refractivity contribution in [2.75, 3.05) is 25.7 Å². The van der Waals surface area contributed by atoms with Gasteiger partial charge in [0, 0.05) is 0 Å². The third-order valence-corrected chi connectivity index (χ3v) is 7.68. The van der Waals surface area contributed by atoms with Crippen LogP contribution in [-0.4, -0.2) is 25.7 Å². The van der Waals surface area contributed by atoms with Crippen LogP contribution in [0.15, 0.2) is 0 Å². The Morgan fingerprint density at radius 1 is 1.00 bits per heavy atom. The first-order chi connectivity index (χ1) is 6.46. The molecular weight excluding hydrogens is 187 g/mol. The molecule has 0 saturated carbocycles. The Bertz CT molecular complexity index is 140. The summed E-state index contributed by atoms with van der Waals surface area (Å²) in [5.41, 5.74) is 0. The Kier molecular flexibility index (Phi) is 7.04. The van der Waals surface area contributed by atoms with E-state index in [-0.39, 0.29) is 0 Å². The fourth-order valence-corrected chi connectivity index (χ4v) is 3.48. The maximum absolute atomic E-state index is 2.54. The van der Waals surface area contributed by atoms with Crippen molar-refractivity contribution in [1.29, 1.82) is 0 Å². The van der Waals surface area contributed by atoms with Crippen LogP contribution in [0.5, 0.6) is 0 Å². The minimum atomic E-state index is -0.815. The molecule has 0 bridgehead atoms. The van der Waals surface area contributed by atoms with Gasteiger partial charge in [-0.3, -0.25) is 0 Å². The van der Waals surface area contributed by atoms with Crippen LogP contribution < -0.4 is 0 Å². The van der Waals surface area contributed by atoms with Crippen molar-refractivity contribution in [2.45, 2.75) is 47.0 Å². The summed E-state index contributed by atoms with van der Waals surface area (Å²) in [5, 5.41) is 0. The van der Waals surface area contributed by atoms with Crippen molar-refractivity contribution >= 4 is 7.26 Å². The SMILES string of the molecule is CCC(C)C(CC)CC[PH](C)(C)CC. The number of hydrogen-bond donors (Lipinski definition) is 0. The molecule has 0 rings (SSSR count). The van der Waals surface area contributed by atoms with Crippen LogP contribution in [0.2, 0.25) is 0 Å². The molecule has 0 radical (unpaired) electrons. The number of hydrogen-bond acceptors (Lipinski definition) is 0. The van der Waals surface area contributed by atoms with E-state index in [0.717, 1.165) is 11.8 Å². The third kappa shape index (κ3) is 5.35. The van der Waals surface area contributed by atoms with Crippen LogP contribution in [0.25, 0.3) is 0 Å². The van der Waals surface area contributed by atoms with E-state index < -0.39 is 7.26 Å². The fraction of sp³-hybridized carbons (Fsp3) is 1.00. The molecule has 2 unspecified atom stereocenters. The standard InChI is InChI=1S/C13H31P/c1-7-12(4)13(8-2)10-11-14(5,6)9-3/h12-14H,7-11H2,1-6H3. The zero-order valence-electron chi connectivity index (χ0n) is 11.2. The first-order valence-electron chi connectivity index (χ1n) is 6.46. The van der Waals surface area contributed by atoms with E-state index in [2.05, 4.69) is 41.0 Å². The molecule has 0 saturated heterocycles. The van der Waals surface area contributed by atoms with E-state index in [4.69, 9.17) is 0 Å². The van der Waals surface area contributed by atoms with E-state index in [1.807, 2.05) is 0 Å². The average molecular weight is 218 g/mol. The maximum atomic E-state index is 2.54. The molecule has 0 aliphatic carbocycles. The van der Waals surface area contributed by atoms with Gasteiger partial charge in [-0.25, -0.2) is 0 Å². The van der Waals surface area contributed by atoms with Gasteiger partial charge in [0.1, 0.15) is 0 Å². The Morgan fingerprint density at radius 2 is 1.57 bits per heavy atom. The van der Waals surface area contributed by atoms with Crippen LogP contribution in [0.1, 0.15) is 47.0 Å². The fourth-order valence-electron chi connectivity index (χ4n) is 1.98. The zero-order chi connectivity index (χ0) is 11.2. The molecule has 0 aromatic carbocycles. The van der Waals surface area contributed by atoms with Crippen LogP contribution in [-0.2, 0) is 0 Å². The first kappa shape index (κ1) is 14.4. The quantitative estimate of drug-likeness (QED) is 0.553. The molecule has 0 N–H and O–H groups in total.